The second-order valence-corrected chi connectivity index (χ2v) is 8.65. The maximum absolute atomic E-state index is 10.3. The van der Waals surface area contributed by atoms with Crippen molar-refractivity contribution in [2.45, 2.75) is 52.4 Å². The van der Waals surface area contributed by atoms with Crippen LogP contribution in [0.1, 0.15) is 52.4 Å². The Morgan fingerprint density at radius 3 is 2.14 bits per heavy atom. The molecule has 1 saturated carbocycles. The predicted molar refractivity (Wildman–Crippen MR) is 66.3 cm³/mol. The van der Waals surface area contributed by atoms with Gasteiger partial charge in [-0.2, -0.15) is 0 Å². The first-order valence-corrected chi connectivity index (χ1v) is 8.59. The first-order valence-electron chi connectivity index (χ1n) is 6.29. The fourth-order valence-electron chi connectivity index (χ4n) is 2.44. The predicted octanol–water partition coefficient (Wildman–Crippen LogP) is 3.92. The standard InChI is InChI=1S/C12H26OP/c1-3-14(13,4-2)11-10-12-8-6-5-7-9-12/h12-13H,3-11H2,1-2H3/q+1. The van der Waals surface area contributed by atoms with Crippen LogP contribution in [0.2, 0.25) is 0 Å². The quantitative estimate of drug-likeness (QED) is 0.692. The van der Waals surface area contributed by atoms with E-state index in [1.165, 1.54) is 38.5 Å². The lowest BCUT2D eigenvalue weighted by Crippen LogP contribution is -2.11. The zero-order valence-corrected chi connectivity index (χ0v) is 10.7. The van der Waals surface area contributed by atoms with E-state index < -0.39 is 7.49 Å². The van der Waals surface area contributed by atoms with Crippen molar-refractivity contribution < 1.29 is 4.89 Å². The second kappa shape index (κ2) is 6.08. The molecule has 1 nitrogen and oxygen atoms in total. The highest BCUT2D eigenvalue weighted by Crippen LogP contribution is 2.54. The molecule has 0 aromatic rings. The van der Waals surface area contributed by atoms with E-state index >= 15 is 0 Å². The summed E-state index contributed by atoms with van der Waals surface area (Å²) in [7, 11) is -1.50. The highest BCUT2D eigenvalue weighted by atomic mass is 31.2. The maximum Gasteiger partial charge on any atom is 0.141 e. The summed E-state index contributed by atoms with van der Waals surface area (Å²) in [6.07, 6.45) is 11.6. The minimum Gasteiger partial charge on any atom is -0.252 e. The molecule has 0 amide bonds. The van der Waals surface area contributed by atoms with Gasteiger partial charge in [-0.25, -0.2) is 0 Å². The topological polar surface area (TPSA) is 20.2 Å². The van der Waals surface area contributed by atoms with E-state index in [0.29, 0.717) is 0 Å². The Morgan fingerprint density at radius 1 is 1.07 bits per heavy atom. The van der Waals surface area contributed by atoms with Crippen LogP contribution in [0.4, 0.5) is 0 Å². The molecule has 0 heterocycles. The minimum absolute atomic E-state index is 0.938. The summed E-state index contributed by atoms with van der Waals surface area (Å²) in [5.74, 6) is 0.938. The Morgan fingerprint density at radius 2 is 1.64 bits per heavy atom. The molecule has 0 aromatic carbocycles. The molecule has 0 unspecified atom stereocenters. The normalized spacial score (nSPS) is 19.9. The van der Waals surface area contributed by atoms with Crippen LogP contribution in [0.25, 0.3) is 0 Å². The van der Waals surface area contributed by atoms with Crippen molar-refractivity contribution in [2.75, 3.05) is 18.5 Å². The summed E-state index contributed by atoms with van der Waals surface area (Å²) >= 11 is 0. The molecule has 0 saturated heterocycles. The Labute approximate surface area is 89.7 Å². The van der Waals surface area contributed by atoms with Crippen molar-refractivity contribution in [2.24, 2.45) is 5.92 Å². The van der Waals surface area contributed by atoms with Crippen molar-refractivity contribution in [1.82, 2.24) is 0 Å². The van der Waals surface area contributed by atoms with Crippen molar-refractivity contribution in [3.8, 4) is 0 Å². The molecule has 0 bridgehead atoms. The van der Waals surface area contributed by atoms with Crippen LogP contribution in [-0.2, 0) is 0 Å². The molecule has 0 aliphatic heterocycles. The lowest BCUT2D eigenvalue weighted by molar-refractivity contribution is 0.349. The van der Waals surface area contributed by atoms with E-state index in [1.54, 1.807) is 0 Å². The van der Waals surface area contributed by atoms with Gasteiger partial charge < -0.3 is 0 Å². The summed E-state index contributed by atoms with van der Waals surface area (Å²) in [5, 5.41) is 0. The van der Waals surface area contributed by atoms with Crippen molar-refractivity contribution in [3.63, 3.8) is 0 Å². The molecular weight excluding hydrogens is 191 g/mol. The molecule has 0 radical (unpaired) electrons. The van der Waals surface area contributed by atoms with E-state index in [-0.39, 0.29) is 0 Å². The highest BCUT2D eigenvalue weighted by molar-refractivity contribution is 7.70. The Hall–Kier alpha value is 0.390. The molecule has 1 N–H and O–H groups in total. The Balaban J connectivity index is 2.23. The summed E-state index contributed by atoms with van der Waals surface area (Å²) in [4.78, 5) is 10.3. The first-order chi connectivity index (χ1) is 6.70. The number of hydrogen-bond acceptors (Lipinski definition) is 1. The van der Waals surface area contributed by atoms with Crippen LogP contribution >= 0.6 is 7.49 Å². The highest BCUT2D eigenvalue weighted by Gasteiger charge is 2.31. The third kappa shape index (κ3) is 3.87. The van der Waals surface area contributed by atoms with Gasteiger partial charge in [-0.3, -0.25) is 4.89 Å². The average molecular weight is 217 g/mol. The van der Waals surface area contributed by atoms with Gasteiger partial charge in [-0.05, 0) is 26.2 Å². The molecule has 0 atom stereocenters. The molecule has 1 aliphatic carbocycles. The zero-order valence-electron chi connectivity index (χ0n) is 9.84. The van der Waals surface area contributed by atoms with Gasteiger partial charge in [0.1, 0.15) is 7.49 Å². The van der Waals surface area contributed by atoms with Gasteiger partial charge in [0, 0.05) is 0 Å². The maximum atomic E-state index is 10.3. The number of hydrogen-bond donors (Lipinski definition) is 1. The molecule has 14 heavy (non-hydrogen) atoms. The van der Waals surface area contributed by atoms with Crippen LogP contribution < -0.4 is 0 Å². The molecule has 0 spiro atoms. The van der Waals surface area contributed by atoms with Crippen LogP contribution in [0.5, 0.6) is 0 Å². The first kappa shape index (κ1) is 12.5. The number of rotatable bonds is 5. The molecule has 84 valence electrons. The van der Waals surface area contributed by atoms with Crippen molar-refractivity contribution in [1.29, 1.82) is 0 Å². The monoisotopic (exact) mass is 217 g/mol. The van der Waals surface area contributed by atoms with Gasteiger partial charge in [0.15, 0.2) is 0 Å². The summed E-state index contributed by atoms with van der Waals surface area (Å²) in [6, 6.07) is 0. The third-order valence-corrected chi connectivity index (χ3v) is 7.30. The van der Waals surface area contributed by atoms with Gasteiger partial charge in [0.2, 0.25) is 0 Å². The SMILES string of the molecule is CC[P+](O)(CC)CCC1CCCCC1. The second-order valence-electron chi connectivity index (χ2n) is 4.74. The zero-order chi connectivity index (χ0) is 10.4. The van der Waals surface area contributed by atoms with Gasteiger partial charge in [0.05, 0.1) is 18.5 Å². The van der Waals surface area contributed by atoms with Crippen molar-refractivity contribution in [3.05, 3.63) is 0 Å². The van der Waals surface area contributed by atoms with E-state index in [2.05, 4.69) is 13.8 Å². The van der Waals surface area contributed by atoms with Gasteiger partial charge in [-0.15, -0.1) is 0 Å². The van der Waals surface area contributed by atoms with Crippen LogP contribution in [-0.4, -0.2) is 23.4 Å². The molecule has 1 fully saturated rings. The summed E-state index contributed by atoms with van der Waals surface area (Å²) in [6.45, 7) is 4.30. The van der Waals surface area contributed by atoms with Gasteiger partial charge in [-0.1, -0.05) is 32.1 Å². The smallest absolute Gasteiger partial charge is 0.141 e. The Bertz CT molecular complexity index is 148. The van der Waals surface area contributed by atoms with Crippen LogP contribution in [0, 0.1) is 5.92 Å². The molecule has 0 aromatic heterocycles. The van der Waals surface area contributed by atoms with Crippen LogP contribution in [0.3, 0.4) is 0 Å². The summed E-state index contributed by atoms with van der Waals surface area (Å²) < 4.78 is 0. The molecule has 1 rings (SSSR count). The van der Waals surface area contributed by atoms with E-state index in [0.717, 1.165) is 24.4 Å². The lowest BCUT2D eigenvalue weighted by atomic mass is 9.88. The average Bonchev–Trinajstić information content (AvgIpc) is 2.27. The largest absolute Gasteiger partial charge is 0.252 e. The fourth-order valence-corrected chi connectivity index (χ4v) is 4.36. The molecule has 1 aliphatic rings. The fraction of sp³-hybridized carbons (Fsp3) is 1.00. The van der Waals surface area contributed by atoms with E-state index in [1.807, 2.05) is 0 Å². The lowest BCUT2D eigenvalue weighted by Gasteiger charge is -2.24. The third-order valence-electron chi connectivity index (χ3n) is 3.86. The Kier molecular flexibility index (Phi) is 5.41. The van der Waals surface area contributed by atoms with Crippen LogP contribution in [0.15, 0.2) is 0 Å². The van der Waals surface area contributed by atoms with E-state index in [9.17, 15) is 4.89 Å². The van der Waals surface area contributed by atoms with E-state index in [4.69, 9.17) is 0 Å². The summed E-state index contributed by atoms with van der Waals surface area (Å²) in [5.41, 5.74) is 0. The molecular formula is C12H26OP+. The molecule has 2 heteroatoms. The van der Waals surface area contributed by atoms with Gasteiger partial charge in [0.25, 0.3) is 0 Å². The van der Waals surface area contributed by atoms with Gasteiger partial charge >= 0.3 is 0 Å². The van der Waals surface area contributed by atoms with Crippen molar-refractivity contribution >= 4 is 7.49 Å². The minimum atomic E-state index is -1.50.